The number of nitrogens with zero attached hydrogens (tertiary/aromatic N) is 6. The fourth-order valence-corrected chi connectivity index (χ4v) is 3.43. The smallest absolute Gasteiger partial charge is 0.194 e. The van der Waals surface area contributed by atoms with Crippen molar-refractivity contribution in [1.29, 1.82) is 0 Å². The predicted octanol–water partition coefficient (Wildman–Crippen LogP) is 1.89. The summed E-state index contributed by atoms with van der Waals surface area (Å²) in [5, 5.41) is 7.55. The molecule has 1 saturated heterocycles. The van der Waals surface area contributed by atoms with Gasteiger partial charge in [-0.15, -0.1) is 0 Å². The van der Waals surface area contributed by atoms with Crippen molar-refractivity contribution in [2.24, 2.45) is 12.0 Å². The lowest BCUT2D eigenvalue weighted by atomic mass is 10.1. The van der Waals surface area contributed by atoms with Crippen molar-refractivity contribution in [2.75, 3.05) is 26.7 Å². The first kappa shape index (κ1) is 19.1. The Hall–Kier alpha value is -3.20. The van der Waals surface area contributed by atoms with Crippen molar-refractivity contribution >= 4 is 5.96 Å². The van der Waals surface area contributed by atoms with Crippen molar-refractivity contribution < 1.29 is 9.13 Å². The van der Waals surface area contributed by atoms with Crippen LogP contribution in [0.2, 0.25) is 0 Å². The van der Waals surface area contributed by atoms with Gasteiger partial charge in [0.2, 0.25) is 0 Å². The molecule has 1 N–H and O–H groups in total. The summed E-state index contributed by atoms with van der Waals surface area (Å²) in [6, 6.07) is 5.19. The van der Waals surface area contributed by atoms with Gasteiger partial charge >= 0.3 is 0 Å². The summed E-state index contributed by atoms with van der Waals surface area (Å²) in [6.45, 7) is 2.50. The number of aromatic nitrogens is 4. The molecule has 1 aliphatic rings. The molecule has 1 aliphatic heterocycles. The van der Waals surface area contributed by atoms with Gasteiger partial charge in [0.15, 0.2) is 5.96 Å². The fourth-order valence-electron chi connectivity index (χ4n) is 3.43. The summed E-state index contributed by atoms with van der Waals surface area (Å²) < 4.78 is 23.8. The summed E-state index contributed by atoms with van der Waals surface area (Å²) in [7, 11) is 3.64. The molecule has 29 heavy (non-hydrogen) atoms. The minimum atomic E-state index is -0.291. The first-order valence-electron chi connectivity index (χ1n) is 9.46. The highest BCUT2D eigenvalue weighted by atomic mass is 19.1. The molecule has 1 fully saturated rings. The Bertz CT molecular complexity index is 983. The van der Waals surface area contributed by atoms with Crippen molar-refractivity contribution in [3.05, 3.63) is 66.3 Å². The first-order chi connectivity index (χ1) is 14.1. The Morgan fingerprint density at radius 1 is 1.41 bits per heavy atom. The maximum Gasteiger partial charge on any atom is 0.194 e. The van der Waals surface area contributed by atoms with Crippen LogP contribution < -0.4 is 5.32 Å². The van der Waals surface area contributed by atoms with E-state index in [1.54, 1.807) is 41.1 Å². The number of rotatable bonds is 4. The zero-order valence-electron chi connectivity index (χ0n) is 16.5. The molecule has 4 rings (SSSR count). The Labute approximate surface area is 168 Å². The van der Waals surface area contributed by atoms with Crippen molar-refractivity contribution in [3.8, 4) is 5.69 Å². The number of ether oxygens (including phenoxy) is 1. The lowest BCUT2D eigenvalue weighted by Crippen LogP contribution is -2.47. The molecule has 1 unspecified atom stereocenters. The zero-order chi connectivity index (χ0) is 20.2. The summed E-state index contributed by atoms with van der Waals surface area (Å²) in [6.07, 6.45) is 8.66. The molecule has 0 saturated carbocycles. The second-order valence-corrected chi connectivity index (χ2v) is 6.91. The molecule has 0 amide bonds. The van der Waals surface area contributed by atoms with Crippen molar-refractivity contribution in [2.45, 2.75) is 12.6 Å². The largest absolute Gasteiger partial charge is 0.370 e. The average Bonchev–Trinajstić information content (AvgIpc) is 3.41. The minimum absolute atomic E-state index is 0.0529. The van der Waals surface area contributed by atoms with E-state index in [9.17, 15) is 4.39 Å². The van der Waals surface area contributed by atoms with Crippen LogP contribution in [0, 0.1) is 5.82 Å². The van der Waals surface area contributed by atoms with Crippen LogP contribution in [0.1, 0.15) is 17.2 Å². The van der Waals surface area contributed by atoms with Gasteiger partial charge in [-0.25, -0.2) is 9.37 Å². The number of hydrogen-bond acceptors (Lipinski definition) is 4. The number of aliphatic imine (C=N–C) groups is 1. The van der Waals surface area contributed by atoms with E-state index in [-0.39, 0.29) is 11.9 Å². The number of morpholine rings is 1. The van der Waals surface area contributed by atoms with Gasteiger partial charge in [-0.1, -0.05) is 6.07 Å². The van der Waals surface area contributed by atoms with E-state index in [4.69, 9.17) is 4.74 Å². The van der Waals surface area contributed by atoms with Crippen LogP contribution in [0.15, 0.2) is 54.3 Å². The number of benzene rings is 1. The number of imidazole rings is 1. The fraction of sp³-hybridized carbons (Fsp3) is 0.350. The maximum absolute atomic E-state index is 14.5. The van der Waals surface area contributed by atoms with Crippen LogP contribution in [0.25, 0.3) is 5.69 Å². The molecule has 1 atom stereocenters. The van der Waals surface area contributed by atoms with Crippen LogP contribution in [0.3, 0.4) is 0 Å². The molecular weight excluding hydrogens is 373 g/mol. The lowest BCUT2D eigenvalue weighted by molar-refractivity contribution is -0.00805. The minimum Gasteiger partial charge on any atom is -0.370 e. The van der Waals surface area contributed by atoms with Crippen LogP contribution in [0.5, 0.6) is 0 Å². The van der Waals surface area contributed by atoms with E-state index < -0.39 is 0 Å². The predicted molar refractivity (Wildman–Crippen MR) is 107 cm³/mol. The number of hydrogen-bond donors (Lipinski definition) is 1. The van der Waals surface area contributed by atoms with Crippen molar-refractivity contribution in [3.63, 3.8) is 0 Å². The van der Waals surface area contributed by atoms with Gasteiger partial charge in [-0.05, 0) is 17.7 Å². The Balaban J connectivity index is 1.40. The first-order valence-corrected chi connectivity index (χ1v) is 9.46. The van der Waals surface area contributed by atoms with E-state index in [0.717, 1.165) is 23.6 Å². The van der Waals surface area contributed by atoms with Crippen molar-refractivity contribution in [1.82, 2.24) is 29.5 Å². The Morgan fingerprint density at radius 2 is 2.31 bits per heavy atom. The van der Waals surface area contributed by atoms with Crippen LogP contribution in [-0.4, -0.2) is 56.9 Å². The van der Waals surface area contributed by atoms with Crippen LogP contribution in [0.4, 0.5) is 4.39 Å². The lowest BCUT2D eigenvalue weighted by Gasteiger charge is -2.34. The second kappa shape index (κ2) is 8.44. The van der Waals surface area contributed by atoms with E-state index in [2.05, 4.69) is 25.3 Å². The molecule has 0 radical (unpaired) electrons. The number of nitrogens with one attached hydrogen (secondary N) is 1. The molecule has 0 spiro atoms. The molecule has 2 aromatic heterocycles. The number of halogens is 1. The highest BCUT2D eigenvalue weighted by molar-refractivity contribution is 5.80. The van der Waals surface area contributed by atoms with E-state index in [0.29, 0.717) is 25.4 Å². The molecule has 8 nitrogen and oxygen atoms in total. The second-order valence-electron chi connectivity index (χ2n) is 6.91. The standard InChI is InChI=1S/C20H24FN7O/c1-22-20(27-7-8-29-19(13-27)16-11-25-26(2)12-16)24-10-15-3-4-18(17(21)9-15)28-6-5-23-14-28/h3-6,9,11-12,14,19H,7-8,10,13H2,1-2H3,(H,22,24). The summed E-state index contributed by atoms with van der Waals surface area (Å²) >= 11 is 0. The Kier molecular flexibility index (Phi) is 5.57. The average molecular weight is 397 g/mol. The number of aryl methyl sites for hydroxylation is 1. The number of guanidine groups is 1. The maximum atomic E-state index is 14.5. The quantitative estimate of drug-likeness (QED) is 0.538. The SMILES string of the molecule is CN=C(NCc1ccc(-n2ccnc2)c(F)c1)N1CCOC(c2cnn(C)c2)C1. The molecule has 3 heterocycles. The van der Waals surface area contributed by atoms with Gasteiger partial charge in [0.1, 0.15) is 11.9 Å². The van der Waals surface area contributed by atoms with Gasteiger partial charge < -0.3 is 19.5 Å². The topological polar surface area (TPSA) is 72.5 Å². The van der Waals surface area contributed by atoms with Gasteiger partial charge in [-0.2, -0.15) is 5.10 Å². The third-order valence-corrected chi connectivity index (χ3v) is 4.92. The van der Waals surface area contributed by atoms with Crippen LogP contribution in [-0.2, 0) is 18.3 Å². The Morgan fingerprint density at radius 3 is 3.00 bits per heavy atom. The van der Waals surface area contributed by atoms with Gasteiger partial charge in [-0.3, -0.25) is 9.67 Å². The molecule has 0 aliphatic carbocycles. The zero-order valence-corrected chi connectivity index (χ0v) is 16.5. The van der Waals surface area contributed by atoms with Gasteiger partial charge in [0, 0.05) is 51.3 Å². The third kappa shape index (κ3) is 4.29. The van der Waals surface area contributed by atoms with E-state index in [1.165, 1.54) is 6.07 Å². The molecule has 152 valence electrons. The summed E-state index contributed by atoms with van der Waals surface area (Å²) in [5.41, 5.74) is 2.36. The highest BCUT2D eigenvalue weighted by Crippen LogP contribution is 2.22. The normalized spacial score (nSPS) is 17.6. The van der Waals surface area contributed by atoms with Crippen LogP contribution >= 0.6 is 0 Å². The summed E-state index contributed by atoms with van der Waals surface area (Å²) in [5.74, 6) is 0.474. The molecule has 0 bridgehead atoms. The van der Waals surface area contributed by atoms with Gasteiger partial charge in [0.05, 0.1) is 31.4 Å². The van der Waals surface area contributed by atoms with Gasteiger partial charge in [0.25, 0.3) is 0 Å². The third-order valence-electron chi connectivity index (χ3n) is 4.92. The summed E-state index contributed by atoms with van der Waals surface area (Å²) in [4.78, 5) is 10.5. The monoisotopic (exact) mass is 397 g/mol. The molecule has 1 aromatic carbocycles. The van der Waals surface area contributed by atoms with E-state index in [1.807, 2.05) is 25.5 Å². The molecule has 3 aromatic rings. The molecular formula is C20H24FN7O. The van der Waals surface area contributed by atoms with E-state index >= 15 is 0 Å². The highest BCUT2D eigenvalue weighted by Gasteiger charge is 2.25. The molecule has 9 heteroatoms.